The standard InChI is InChI=1S/C43H53F2N3OS2/c1-6-9-11-13-15-17-26-48-46-42-38(36-24-20-31(5)50-36)40(44)41(45)39(43(42)47-48)37-25-23-34(51-37)22-21-33-28-30(4)32(19-8-3)29-35(33)49-27-18-16-14-12-10-7-2/h8,19-25,28-29H,6-7,9-18,26-27H2,1-5H3/b19-8+,22-21+. The minimum absolute atomic E-state index is 0.174. The SMILES string of the molecule is C/C=C/c1cc(OCCCCCCCC)c(/C=C/c2ccc(-c3c(F)c(F)c(-c4ccc(C)s4)c4nn(CCCCCCCC)nc34)s2)cc1C. The van der Waals surface area contributed by atoms with Gasteiger partial charge in [0.15, 0.2) is 11.6 Å². The second-order valence-electron chi connectivity index (χ2n) is 13.4. The minimum atomic E-state index is -0.881. The highest BCUT2D eigenvalue weighted by Gasteiger charge is 2.27. The van der Waals surface area contributed by atoms with E-state index in [-0.39, 0.29) is 11.1 Å². The number of allylic oxidation sites excluding steroid dienone is 1. The second kappa shape index (κ2) is 19.3. The van der Waals surface area contributed by atoms with E-state index in [1.807, 2.05) is 50.3 Å². The summed E-state index contributed by atoms with van der Waals surface area (Å²) in [5, 5.41) is 9.56. The molecule has 8 heteroatoms. The largest absolute Gasteiger partial charge is 0.493 e. The third kappa shape index (κ3) is 10.0. The van der Waals surface area contributed by atoms with Crippen molar-refractivity contribution in [3.8, 4) is 26.6 Å². The van der Waals surface area contributed by atoms with Gasteiger partial charge in [0.1, 0.15) is 16.8 Å². The summed E-state index contributed by atoms with van der Waals surface area (Å²) >= 11 is 2.86. The van der Waals surface area contributed by atoms with Crippen LogP contribution in [0.15, 0.2) is 42.5 Å². The van der Waals surface area contributed by atoms with Crippen molar-refractivity contribution in [1.82, 2.24) is 15.0 Å². The Kier molecular flexibility index (Phi) is 14.6. The van der Waals surface area contributed by atoms with Crippen LogP contribution in [0.4, 0.5) is 8.78 Å². The minimum Gasteiger partial charge on any atom is -0.493 e. The van der Waals surface area contributed by atoms with Gasteiger partial charge in [-0.1, -0.05) is 90.2 Å². The quantitative estimate of drug-likeness (QED) is 0.0749. The molecule has 5 aromatic rings. The van der Waals surface area contributed by atoms with Crippen molar-refractivity contribution in [3.63, 3.8) is 0 Å². The molecule has 0 aliphatic carbocycles. The smallest absolute Gasteiger partial charge is 0.170 e. The topological polar surface area (TPSA) is 39.9 Å². The predicted molar refractivity (Wildman–Crippen MR) is 216 cm³/mol. The molecule has 0 N–H and O–H groups in total. The monoisotopic (exact) mass is 729 g/mol. The van der Waals surface area contributed by atoms with E-state index in [9.17, 15) is 0 Å². The van der Waals surface area contributed by atoms with Gasteiger partial charge in [0, 0.05) is 25.1 Å². The number of aromatic nitrogens is 3. The summed E-state index contributed by atoms with van der Waals surface area (Å²) in [6, 6.07) is 11.9. The van der Waals surface area contributed by atoms with Crippen LogP contribution in [0, 0.1) is 25.5 Å². The number of benzene rings is 2. The molecule has 0 unspecified atom stereocenters. The molecule has 3 heterocycles. The molecule has 0 radical (unpaired) electrons. The van der Waals surface area contributed by atoms with Crippen molar-refractivity contribution < 1.29 is 13.5 Å². The van der Waals surface area contributed by atoms with Crippen molar-refractivity contribution in [1.29, 1.82) is 0 Å². The highest BCUT2D eigenvalue weighted by Crippen LogP contribution is 2.43. The first-order chi connectivity index (χ1) is 24.8. The molecule has 3 aromatic heterocycles. The number of ether oxygens (including phenoxy) is 1. The molecule has 0 fully saturated rings. The molecule has 0 aliphatic rings. The lowest BCUT2D eigenvalue weighted by molar-refractivity contribution is 0.303. The van der Waals surface area contributed by atoms with E-state index >= 15 is 8.78 Å². The second-order valence-corrected chi connectivity index (χ2v) is 15.9. The maximum absolute atomic E-state index is 16.2. The molecule has 51 heavy (non-hydrogen) atoms. The van der Waals surface area contributed by atoms with E-state index in [1.165, 1.54) is 80.5 Å². The van der Waals surface area contributed by atoms with E-state index in [1.54, 1.807) is 4.80 Å². The summed E-state index contributed by atoms with van der Waals surface area (Å²) in [4.78, 5) is 4.87. The summed E-state index contributed by atoms with van der Waals surface area (Å²) in [5.41, 5.74) is 4.47. The van der Waals surface area contributed by atoms with Gasteiger partial charge in [0.05, 0.1) is 24.3 Å². The van der Waals surface area contributed by atoms with Crippen LogP contribution in [0.2, 0.25) is 0 Å². The van der Waals surface area contributed by atoms with Crippen LogP contribution in [-0.2, 0) is 6.54 Å². The number of aryl methyl sites for hydroxylation is 3. The third-order valence-electron chi connectivity index (χ3n) is 9.26. The highest BCUT2D eigenvalue weighted by atomic mass is 32.1. The van der Waals surface area contributed by atoms with E-state index < -0.39 is 11.6 Å². The van der Waals surface area contributed by atoms with Gasteiger partial charge in [-0.3, -0.25) is 0 Å². The zero-order chi connectivity index (χ0) is 36.2. The number of halogens is 2. The molecule has 272 valence electrons. The molecule has 0 saturated carbocycles. The maximum atomic E-state index is 16.2. The zero-order valence-electron chi connectivity index (χ0n) is 31.0. The molecule has 0 amide bonds. The van der Waals surface area contributed by atoms with Gasteiger partial charge in [0.25, 0.3) is 0 Å². The number of rotatable bonds is 20. The number of nitrogens with zero attached hydrogens (tertiary/aromatic N) is 3. The normalized spacial score (nSPS) is 12.0. The van der Waals surface area contributed by atoms with Crippen LogP contribution < -0.4 is 4.74 Å². The summed E-state index contributed by atoms with van der Waals surface area (Å²) in [6.45, 7) is 11.8. The van der Waals surface area contributed by atoms with Gasteiger partial charge in [-0.25, -0.2) is 8.78 Å². The van der Waals surface area contributed by atoms with Gasteiger partial charge in [-0.2, -0.15) is 15.0 Å². The first-order valence-electron chi connectivity index (χ1n) is 18.9. The maximum Gasteiger partial charge on any atom is 0.170 e. The molecule has 0 spiro atoms. The lowest BCUT2D eigenvalue weighted by Gasteiger charge is -2.13. The Hall–Kier alpha value is -3.62. The number of hydrogen-bond donors (Lipinski definition) is 0. The Morgan fingerprint density at radius 3 is 1.92 bits per heavy atom. The van der Waals surface area contributed by atoms with Gasteiger partial charge < -0.3 is 4.74 Å². The Balaban J connectivity index is 1.43. The molecule has 0 bridgehead atoms. The third-order valence-corrected chi connectivity index (χ3v) is 11.3. The number of unbranched alkanes of at least 4 members (excludes halogenated alkanes) is 10. The zero-order valence-corrected chi connectivity index (χ0v) is 32.6. The van der Waals surface area contributed by atoms with Crippen molar-refractivity contribution in [2.45, 2.75) is 118 Å². The molecule has 0 atom stereocenters. The first-order valence-corrected chi connectivity index (χ1v) is 20.5. The van der Waals surface area contributed by atoms with Crippen molar-refractivity contribution in [2.75, 3.05) is 6.61 Å². The van der Waals surface area contributed by atoms with Gasteiger partial charge in [-0.05, 0) is 93.3 Å². The molecule has 2 aromatic carbocycles. The summed E-state index contributed by atoms with van der Waals surface area (Å²) in [5.74, 6) is -0.903. The number of thiophene rings is 2. The van der Waals surface area contributed by atoms with Crippen molar-refractivity contribution >= 4 is 51.9 Å². The van der Waals surface area contributed by atoms with E-state index in [0.717, 1.165) is 51.5 Å². The molecule has 0 saturated heterocycles. The molecular formula is C43H53F2N3OS2. The Labute approximate surface area is 311 Å². The Bertz CT molecular complexity index is 1930. The van der Waals surface area contributed by atoms with Crippen LogP contribution in [0.3, 0.4) is 0 Å². The highest BCUT2D eigenvalue weighted by molar-refractivity contribution is 7.16. The van der Waals surface area contributed by atoms with Gasteiger partial charge in [-0.15, -0.1) is 22.7 Å². The van der Waals surface area contributed by atoms with E-state index in [0.29, 0.717) is 33.9 Å². The fourth-order valence-corrected chi connectivity index (χ4v) is 8.28. The molecule has 4 nitrogen and oxygen atoms in total. The predicted octanol–water partition coefficient (Wildman–Crippen LogP) is 14.1. The fraction of sp³-hybridized carbons (Fsp3) is 0.442. The van der Waals surface area contributed by atoms with Crippen LogP contribution in [0.1, 0.15) is 124 Å². The Morgan fingerprint density at radius 2 is 1.29 bits per heavy atom. The average Bonchev–Trinajstić information content (AvgIpc) is 3.87. The fourth-order valence-electron chi connectivity index (χ4n) is 6.42. The number of hydrogen-bond acceptors (Lipinski definition) is 5. The number of fused-ring (bicyclic) bond motifs is 1. The van der Waals surface area contributed by atoms with Gasteiger partial charge >= 0.3 is 0 Å². The molecule has 0 aliphatic heterocycles. The Morgan fingerprint density at radius 1 is 0.686 bits per heavy atom. The van der Waals surface area contributed by atoms with Crippen LogP contribution in [0.5, 0.6) is 5.75 Å². The summed E-state index contributed by atoms with van der Waals surface area (Å²) in [6.07, 6.45) is 22.3. The lowest BCUT2D eigenvalue weighted by Crippen LogP contribution is -2.02. The van der Waals surface area contributed by atoms with Crippen molar-refractivity contribution in [3.05, 3.63) is 80.6 Å². The first kappa shape index (κ1) is 38.6. The van der Waals surface area contributed by atoms with Crippen LogP contribution in [0.25, 0.3) is 50.1 Å². The van der Waals surface area contributed by atoms with Crippen molar-refractivity contribution in [2.24, 2.45) is 0 Å². The summed E-state index contributed by atoms with van der Waals surface area (Å²) in [7, 11) is 0. The average molecular weight is 730 g/mol. The van der Waals surface area contributed by atoms with E-state index in [2.05, 4.69) is 45.1 Å². The molecule has 5 rings (SSSR count). The van der Waals surface area contributed by atoms with Gasteiger partial charge in [0.2, 0.25) is 0 Å². The van der Waals surface area contributed by atoms with E-state index in [4.69, 9.17) is 14.9 Å². The summed E-state index contributed by atoms with van der Waals surface area (Å²) < 4.78 is 38.6. The molecular weight excluding hydrogens is 677 g/mol. The van der Waals surface area contributed by atoms with Crippen LogP contribution >= 0.6 is 22.7 Å². The van der Waals surface area contributed by atoms with Crippen LogP contribution in [-0.4, -0.2) is 21.6 Å². The lowest BCUT2D eigenvalue weighted by atomic mass is 10.0.